The van der Waals surface area contributed by atoms with Gasteiger partial charge in [-0.05, 0) is 38.8 Å². The molecule has 2 heterocycles. The number of anilines is 1. The van der Waals surface area contributed by atoms with E-state index in [0.29, 0.717) is 5.92 Å². The van der Waals surface area contributed by atoms with Crippen LogP contribution in [0.25, 0.3) is 0 Å². The molecule has 94 valence electrons. The predicted octanol–water partition coefficient (Wildman–Crippen LogP) is 2.15. The lowest BCUT2D eigenvalue weighted by molar-refractivity contribution is 0.364. The number of hydrogen-bond donors (Lipinski definition) is 2. The summed E-state index contributed by atoms with van der Waals surface area (Å²) in [5.74, 6) is 1.40. The highest BCUT2D eigenvalue weighted by atomic mass is 15.1. The second-order valence-electron chi connectivity index (χ2n) is 5.42. The second-order valence-corrected chi connectivity index (χ2v) is 5.42. The summed E-state index contributed by atoms with van der Waals surface area (Å²) in [6.07, 6.45) is 3.92. The first kappa shape index (κ1) is 12.3. The molecule has 0 saturated carbocycles. The van der Waals surface area contributed by atoms with Crippen LogP contribution in [0.1, 0.15) is 45.2 Å². The maximum Gasteiger partial charge on any atom is 0.130 e. The molecule has 0 amide bonds. The van der Waals surface area contributed by atoms with Crippen LogP contribution in [0.5, 0.6) is 0 Å². The largest absolute Gasteiger partial charge is 0.365 e. The van der Waals surface area contributed by atoms with Crippen molar-refractivity contribution in [3.05, 3.63) is 18.1 Å². The lowest BCUT2D eigenvalue weighted by Gasteiger charge is -2.35. The molecule has 1 aromatic heterocycles. The van der Waals surface area contributed by atoms with Crippen molar-refractivity contribution in [1.82, 2.24) is 15.3 Å². The SMILES string of the molecule is CC(C)c1cc(NC2(C)CCNCC2)ncn1. The summed E-state index contributed by atoms with van der Waals surface area (Å²) in [6.45, 7) is 8.72. The number of nitrogens with one attached hydrogen (secondary N) is 2. The van der Waals surface area contributed by atoms with Crippen LogP contribution in [-0.2, 0) is 0 Å². The third-order valence-electron chi connectivity index (χ3n) is 3.42. The van der Waals surface area contributed by atoms with Crippen LogP contribution in [0.2, 0.25) is 0 Å². The molecule has 1 aromatic rings. The molecular weight excluding hydrogens is 212 g/mol. The van der Waals surface area contributed by atoms with Gasteiger partial charge >= 0.3 is 0 Å². The van der Waals surface area contributed by atoms with Gasteiger partial charge in [0.15, 0.2) is 0 Å². The quantitative estimate of drug-likeness (QED) is 0.841. The van der Waals surface area contributed by atoms with E-state index >= 15 is 0 Å². The molecule has 1 fully saturated rings. The fourth-order valence-electron chi connectivity index (χ4n) is 2.17. The summed E-state index contributed by atoms with van der Waals surface area (Å²) in [4.78, 5) is 8.61. The van der Waals surface area contributed by atoms with Gasteiger partial charge in [-0.25, -0.2) is 9.97 Å². The van der Waals surface area contributed by atoms with E-state index in [-0.39, 0.29) is 5.54 Å². The van der Waals surface area contributed by atoms with Gasteiger partial charge in [0.25, 0.3) is 0 Å². The molecule has 0 spiro atoms. The molecule has 1 saturated heterocycles. The second kappa shape index (κ2) is 5.00. The van der Waals surface area contributed by atoms with Gasteiger partial charge < -0.3 is 10.6 Å². The summed E-state index contributed by atoms with van der Waals surface area (Å²) < 4.78 is 0. The number of piperidine rings is 1. The Labute approximate surface area is 103 Å². The van der Waals surface area contributed by atoms with E-state index in [9.17, 15) is 0 Å². The van der Waals surface area contributed by atoms with E-state index in [1.54, 1.807) is 6.33 Å². The Kier molecular flexibility index (Phi) is 3.62. The highest BCUT2D eigenvalue weighted by molar-refractivity contribution is 5.38. The van der Waals surface area contributed by atoms with Crippen molar-refractivity contribution in [2.24, 2.45) is 0 Å². The molecule has 2 N–H and O–H groups in total. The van der Waals surface area contributed by atoms with Gasteiger partial charge in [-0.3, -0.25) is 0 Å². The van der Waals surface area contributed by atoms with Crippen LogP contribution in [0.15, 0.2) is 12.4 Å². The summed E-state index contributed by atoms with van der Waals surface area (Å²) in [7, 11) is 0. The lowest BCUT2D eigenvalue weighted by Crippen LogP contribution is -2.45. The third kappa shape index (κ3) is 3.16. The highest BCUT2D eigenvalue weighted by Crippen LogP contribution is 2.23. The van der Waals surface area contributed by atoms with Crippen LogP contribution in [0.4, 0.5) is 5.82 Å². The number of aromatic nitrogens is 2. The smallest absolute Gasteiger partial charge is 0.130 e. The van der Waals surface area contributed by atoms with Crippen LogP contribution in [0, 0.1) is 0 Å². The zero-order chi connectivity index (χ0) is 12.3. The Morgan fingerprint density at radius 1 is 1.29 bits per heavy atom. The first-order chi connectivity index (χ1) is 8.09. The predicted molar refractivity (Wildman–Crippen MR) is 70.3 cm³/mol. The Balaban J connectivity index is 2.09. The van der Waals surface area contributed by atoms with E-state index in [2.05, 4.69) is 47.4 Å². The third-order valence-corrected chi connectivity index (χ3v) is 3.42. The monoisotopic (exact) mass is 234 g/mol. The molecule has 0 bridgehead atoms. The summed E-state index contributed by atoms with van der Waals surface area (Å²) in [5.41, 5.74) is 1.26. The first-order valence-electron chi connectivity index (χ1n) is 6.40. The molecule has 4 heteroatoms. The van der Waals surface area contributed by atoms with E-state index in [4.69, 9.17) is 0 Å². The average Bonchev–Trinajstić information content (AvgIpc) is 2.29. The molecule has 0 atom stereocenters. The van der Waals surface area contributed by atoms with Gasteiger partial charge in [-0.2, -0.15) is 0 Å². The van der Waals surface area contributed by atoms with Crippen LogP contribution >= 0.6 is 0 Å². The molecule has 4 nitrogen and oxygen atoms in total. The minimum Gasteiger partial charge on any atom is -0.365 e. The average molecular weight is 234 g/mol. The molecule has 1 aliphatic heterocycles. The van der Waals surface area contributed by atoms with Crippen LogP contribution in [0.3, 0.4) is 0 Å². The van der Waals surface area contributed by atoms with Gasteiger partial charge in [0.05, 0.1) is 0 Å². The summed E-state index contributed by atoms with van der Waals surface area (Å²) in [6, 6.07) is 2.07. The Morgan fingerprint density at radius 2 is 2.00 bits per heavy atom. The summed E-state index contributed by atoms with van der Waals surface area (Å²) in [5, 5.41) is 6.94. The molecule has 17 heavy (non-hydrogen) atoms. The van der Waals surface area contributed by atoms with Crippen molar-refractivity contribution < 1.29 is 0 Å². The van der Waals surface area contributed by atoms with Crippen molar-refractivity contribution in [1.29, 1.82) is 0 Å². The van der Waals surface area contributed by atoms with Crippen LogP contribution in [-0.4, -0.2) is 28.6 Å². The van der Waals surface area contributed by atoms with E-state index in [1.807, 2.05) is 0 Å². The lowest BCUT2D eigenvalue weighted by atomic mass is 9.90. The van der Waals surface area contributed by atoms with E-state index < -0.39 is 0 Å². The zero-order valence-electron chi connectivity index (χ0n) is 11.0. The fraction of sp³-hybridized carbons (Fsp3) is 0.692. The van der Waals surface area contributed by atoms with Gasteiger partial charge in [-0.15, -0.1) is 0 Å². The van der Waals surface area contributed by atoms with Gasteiger partial charge in [0, 0.05) is 17.3 Å². The molecular formula is C13H22N4. The minimum atomic E-state index is 0.161. The number of nitrogens with zero attached hydrogens (tertiary/aromatic N) is 2. The van der Waals surface area contributed by atoms with E-state index in [1.165, 1.54) is 0 Å². The number of hydrogen-bond acceptors (Lipinski definition) is 4. The van der Waals surface area contributed by atoms with Crippen molar-refractivity contribution in [2.75, 3.05) is 18.4 Å². The van der Waals surface area contributed by atoms with E-state index in [0.717, 1.165) is 37.4 Å². The summed E-state index contributed by atoms with van der Waals surface area (Å²) >= 11 is 0. The first-order valence-corrected chi connectivity index (χ1v) is 6.40. The maximum atomic E-state index is 4.32. The van der Waals surface area contributed by atoms with Gasteiger partial charge in [0.2, 0.25) is 0 Å². The maximum absolute atomic E-state index is 4.32. The minimum absolute atomic E-state index is 0.161. The van der Waals surface area contributed by atoms with Crippen molar-refractivity contribution >= 4 is 5.82 Å². The standard InChI is InChI=1S/C13H22N4/c1-10(2)11-8-12(16-9-15-11)17-13(3)4-6-14-7-5-13/h8-10,14H,4-7H2,1-3H3,(H,15,16,17). The Hall–Kier alpha value is -1.16. The van der Waals surface area contributed by atoms with Crippen LogP contribution < -0.4 is 10.6 Å². The Morgan fingerprint density at radius 3 is 2.65 bits per heavy atom. The topological polar surface area (TPSA) is 49.8 Å². The molecule has 0 aromatic carbocycles. The molecule has 0 aliphatic carbocycles. The molecule has 0 unspecified atom stereocenters. The van der Waals surface area contributed by atoms with Gasteiger partial charge in [-0.1, -0.05) is 13.8 Å². The normalized spacial score (nSPS) is 19.3. The molecule has 0 radical (unpaired) electrons. The highest BCUT2D eigenvalue weighted by Gasteiger charge is 2.26. The van der Waals surface area contributed by atoms with Gasteiger partial charge in [0.1, 0.15) is 12.1 Å². The van der Waals surface area contributed by atoms with Crippen molar-refractivity contribution in [2.45, 2.75) is 45.1 Å². The fourth-order valence-corrected chi connectivity index (χ4v) is 2.17. The molecule has 2 rings (SSSR count). The zero-order valence-corrected chi connectivity index (χ0v) is 11.0. The van der Waals surface area contributed by atoms with Crippen molar-refractivity contribution in [3.8, 4) is 0 Å². The Bertz CT molecular complexity index is 369. The molecule has 1 aliphatic rings. The van der Waals surface area contributed by atoms with Crippen molar-refractivity contribution in [3.63, 3.8) is 0 Å². The number of rotatable bonds is 3.